The minimum Gasteiger partial charge on any atom is -0.416 e. The SMILES string of the molecule is Cc1nnc(SCc2ccccc2N)o1. The second kappa shape index (κ2) is 4.35. The molecule has 0 bridgehead atoms. The van der Waals surface area contributed by atoms with E-state index in [1.165, 1.54) is 11.8 Å². The first-order chi connectivity index (χ1) is 7.25. The predicted octanol–water partition coefficient (Wildman–Crippen LogP) is 2.25. The molecule has 0 atom stereocenters. The number of rotatable bonds is 3. The van der Waals surface area contributed by atoms with Crippen LogP contribution in [0.2, 0.25) is 0 Å². The van der Waals surface area contributed by atoms with Crippen molar-refractivity contribution in [3.05, 3.63) is 35.7 Å². The van der Waals surface area contributed by atoms with E-state index in [1.807, 2.05) is 24.3 Å². The molecule has 5 heteroatoms. The fraction of sp³-hybridized carbons (Fsp3) is 0.200. The first kappa shape index (κ1) is 10.0. The summed E-state index contributed by atoms with van der Waals surface area (Å²) in [6, 6.07) is 7.76. The fourth-order valence-electron chi connectivity index (χ4n) is 1.14. The van der Waals surface area contributed by atoms with Gasteiger partial charge in [0.2, 0.25) is 5.89 Å². The standard InChI is InChI=1S/C10H11N3OS/c1-7-12-13-10(14-7)15-6-8-4-2-3-5-9(8)11/h2-5H,6,11H2,1H3. The highest BCUT2D eigenvalue weighted by atomic mass is 32.2. The van der Waals surface area contributed by atoms with Crippen LogP contribution in [0, 0.1) is 6.92 Å². The molecule has 0 aliphatic carbocycles. The van der Waals surface area contributed by atoms with Crippen molar-refractivity contribution in [2.75, 3.05) is 5.73 Å². The summed E-state index contributed by atoms with van der Waals surface area (Å²) in [5.41, 5.74) is 7.68. The van der Waals surface area contributed by atoms with E-state index in [0.29, 0.717) is 11.1 Å². The van der Waals surface area contributed by atoms with Crippen molar-refractivity contribution in [3.63, 3.8) is 0 Å². The van der Waals surface area contributed by atoms with Gasteiger partial charge in [-0.2, -0.15) is 0 Å². The molecule has 0 aliphatic heterocycles. The molecule has 0 fully saturated rings. The number of aryl methyl sites for hydroxylation is 1. The van der Waals surface area contributed by atoms with Crippen LogP contribution in [0.1, 0.15) is 11.5 Å². The van der Waals surface area contributed by atoms with E-state index in [2.05, 4.69) is 10.2 Å². The molecule has 2 aromatic rings. The second-order valence-electron chi connectivity index (χ2n) is 3.07. The van der Waals surface area contributed by atoms with Gasteiger partial charge in [-0.15, -0.1) is 10.2 Å². The van der Waals surface area contributed by atoms with E-state index >= 15 is 0 Å². The lowest BCUT2D eigenvalue weighted by Crippen LogP contribution is -1.91. The third kappa shape index (κ3) is 2.50. The van der Waals surface area contributed by atoms with Crippen LogP contribution in [-0.4, -0.2) is 10.2 Å². The third-order valence-electron chi connectivity index (χ3n) is 1.91. The predicted molar refractivity (Wildman–Crippen MR) is 59.5 cm³/mol. The van der Waals surface area contributed by atoms with Crippen LogP contribution < -0.4 is 5.73 Å². The number of hydrogen-bond acceptors (Lipinski definition) is 5. The van der Waals surface area contributed by atoms with Crippen LogP contribution in [-0.2, 0) is 5.75 Å². The van der Waals surface area contributed by atoms with E-state index in [9.17, 15) is 0 Å². The maximum atomic E-state index is 5.81. The Morgan fingerprint density at radius 2 is 2.13 bits per heavy atom. The van der Waals surface area contributed by atoms with Gasteiger partial charge >= 0.3 is 0 Å². The van der Waals surface area contributed by atoms with E-state index in [-0.39, 0.29) is 0 Å². The van der Waals surface area contributed by atoms with Crippen molar-refractivity contribution in [1.82, 2.24) is 10.2 Å². The zero-order valence-electron chi connectivity index (χ0n) is 8.30. The van der Waals surface area contributed by atoms with Crippen LogP contribution in [0.5, 0.6) is 0 Å². The molecule has 1 aromatic heterocycles. The quantitative estimate of drug-likeness (QED) is 0.636. The minimum absolute atomic E-state index is 0.579. The molecule has 15 heavy (non-hydrogen) atoms. The zero-order chi connectivity index (χ0) is 10.7. The van der Waals surface area contributed by atoms with Crippen LogP contribution in [0.3, 0.4) is 0 Å². The molecular weight excluding hydrogens is 210 g/mol. The largest absolute Gasteiger partial charge is 0.416 e. The number of anilines is 1. The second-order valence-corrected chi connectivity index (χ2v) is 4.00. The molecule has 0 unspecified atom stereocenters. The molecule has 2 N–H and O–H groups in total. The summed E-state index contributed by atoms with van der Waals surface area (Å²) in [4.78, 5) is 0. The third-order valence-corrected chi connectivity index (χ3v) is 2.78. The van der Waals surface area contributed by atoms with Crippen molar-refractivity contribution in [2.24, 2.45) is 0 Å². The highest BCUT2D eigenvalue weighted by Crippen LogP contribution is 2.23. The average molecular weight is 221 g/mol. The number of para-hydroxylation sites is 1. The Bertz CT molecular complexity index is 455. The summed E-state index contributed by atoms with van der Waals surface area (Å²) < 4.78 is 5.25. The Morgan fingerprint density at radius 3 is 2.80 bits per heavy atom. The van der Waals surface area contributed by atoms with Crippen molar-refractivity contribution in [1.29, 1.82) is 0 Å². The summed E-state index contributed by atoms with van der Waals surface area (Å²) >= 11 is 1.49. The van der Waals surface area contributed by atoms with Gasteiger partial charge in [0.05, 0.1) is 0 Å². The molecule has 78 valence electrons. The fourth-order valence-corrected chi connectivity index (χ4v) is 1.96. The first-order valence-electron chi connectivity index (χ1n) is 4.52. The Kier molecular flexibility index (Phi) is 2.91. The van der Waals surface area contributed by atoms with Gasteiger partial charge in [0.1, 0.15) is 0 Å². The van der Waals surface area contributed by atoms with Gasteiger partial charge in [0.15, 0.2) is 0 Å². The Labute approximate surface area is 91.9 Å². The smallest absolute Gasteiger partial charge is 0.276 e. The lowest BCUT2D eigenvalue weighted by molar-refractivity contribution is 0.429. The summed E-state index contributed by atoms with van der Waals surface area (Å²) in [6.07, 6.45) is 0. The van der Waals surface area contributed by atoms with Crippen LogP contribution >= 0.6 is 11.8 Å². The topological polar surface area (TPSA) is 64.9 Å². The van der Waals surface area contributed by atoms with Crippen LogP contribution in [0.4, 0.5) is 5.69 Å². The van der Waals surface area contributed by atoms with Gasteiger partial charge in [-0.05, 0) is 11.6 Å². The molecule has 1 aromatic carbocycles. The van der Waals surface area contributed by atoms with Gasteiger partial charge in [-0.1, -0.05) is 30.0 Å². The van der Waals surface area contributed by atoms with Gasteiger partial charge in [-0.25, -0.2) is 0 Å². The van der Waals surface area contributed by atoms with Crippen molar-refractivity contribution < 1.29 is 4.42 Å². The Hall–Kier alpha value is -1.49. The maximum absolute atomic E-state index is 5.81. The number of thioether (sulfide) groups is 1. The molecule has 0 radical (unpaired) electrons. The monoisotopic (exact) mass is 221 g/mol. The highest BCUT2D eigenvalue weighted by molar-refractivity contribution is 7.98. The van der Waals surface area contributed by atoms with Crippen molar-refractivity contribution in [3.8, 4) is 0 Å². The Morgan fingerprint density at radius 1 is 1.33 bits per heavy atom. The molecule has 4 nitrogen and oxygen atoms in total. The number of nitrogens with two attached hydrogens (primary N) is 1. The molecular formula is C10H11N3OS. The summed E-state index contributed by atoms with van der Waals surface area (Å²) in [7, 11) is 0. The maximum Gasteiger partial charge on any atom is 0.276 e. The average Bonchev–Trinajstić information content (AvgIpc) is 2.63. The molecule has 2 rings (SSSR count). The van der Waals surface area contributed by atoms with Crippen LogP contribution in [0.15, 0.2) is 33.9 Å². The first-order valence-corrected chi connectivity index (χ1v) is 5.50. The molecule has 0 amide bonds. The van der Waals surface area contributed by atoms with Crippen molar-refractivity contribution in [2.45, 2.75) is 17.9 Å². The number of nitrogens with zero attached hydrogens (tertiary/aromatic N) is 2. The summed E-state index contributed by atoms with van der Waals surface area (Å²) in [5.74, 6) is 1.33. The van der Waals surface area contributed by atoms with Crippen LogP contribution in [0.25, 0.3) is 0 Å². The van der Waals surface area contributed by atoms with Gasteiger partial charge < -0.3 is 10.2 Å². The van der Waals surface area contributed by atoms with E-state index < -0.39 is 0 Å². The molecule has 1 heterocycles. The lowest BCUT2D eigenvalue weighted by atomic mass is 10.2. The summed E-state index contributed by atoms with van der Waals surface area (Å²) in [5, 5.41) is 8.23. The highest BCUT2D eigenvalue weighted by Gasteiger charge is 2.04. The van der Waals surface area contributed by atoms with Crippen molar-refractivity contribution >= 4 is 17.4 Å². The normalized spacial score (nSPS) is 10.5. The summed E-state index contributed by atoms with van der Waals surface area (Å²) in [6.45, 7) is 1.77. The van der Waals surface area contributed by atoms with Gasteiger partial charge in [-0.3, -0.25) is 0 Å². The van der Waals surface area contributed by atoms with Gasteiger partial charge in [0, 0.05) is 18.4 Å². The number of aromatic nitrogens is 2. The number of nitrogen functional groups attached to an aromatic ring is 1. The van der Waals surface area contributed by atoms with E-state index in [1.54, 1.807) is 6.92 Å². The van der Waals surface area contributed by atoms with E-state index in [0.717, 1.165) is 17.0 Å². The Balaban J connectivity index is 2.02. The van der Waals surface area contributed by atoms with E-state index in [4.69, 9.17) is 10.2 Å². The molecule has 0 aliphatic rings. The minimum atomic E-state index is 0.579. The number of benzene rings is 1. The molecule has 0 spiro atoms. The molecule has 0 saturated heterocycles. The lowest BCUT2D eigenvalue weighted by Gasteiger charge is -2.01. The molecule has 0 saturated carbocycles. The zero-order valence-corrected chi connectivity index (χ0v) is 9.12. The van der Waals surface area contributed by atoms with Gasteiger partial charge in [0.25, 0.3) is 5.22 Å². The number of hydrogen-bond donors (Lipinski definition) is 1.